The van der Waals surface area contributed by atoms with Gasteiger partial charge in [-0.15, -0.1) is 0 Å². The largest absolute Gasteiger partial charge is 1.00 e. The molecule has 0 heterocycles. The molecule has 0 aliphatic rings. The van der Waals surface area contributed by atoms with Gasteiger partial charge in [0.15, 0.2) is 6.29 Å². The van der Waals surface area contributed by atoms with Gasteiger partial charge in [0.25, 0.3) is 0 Å². The van der Waals surface area contributed by atoms with Gasteiger partial charge in [0, 0.05) is 5.56 Å². The van der Waals surface area contributed by atoms with Crippen LogP contribution in [0, 0.1) is 0 Å². The Labute approximate surface area is 123 Å². The molecule has 0 amide bonds. The third kappa shape index (κ3) is 5.54. The summed E-state index contributed by atoms with van der Waals surface area (Å²) in [6.07, 6.45) is 0.891. The Balaban J connectivity index is 0.000000453. The molecule has 4 nitrogen and oxygen atoms in total. The number of carbonyl (C=O) groups is 1. The number of rotatable bonds is 1. The van der Waals surface area contributed by atoms with Crippen LogP contribution in [0.15, 0.2) is 42.5 Å². The Hall–Kier alpha value is -0.560. The Kier molecular flexibility index (Phi) is 8.24. The van der Waals surface area contributed by atoms with Gasteiger partial charge in [-0.1, -0.05) is 42.5 Å². The molecule has 17 heavy (non-hydrogen) atoms. The summed E-state index contributed by atoms with van der Waals surface area (Å²) in [5.41, 5.74) is 0.758. The summed E-state index contributed by atoms with van der Waals surface area (Å²) in [5, 5.41) is 2.14. The minimum atomic E-state index is -2.86. The van der Waals surface area contributed by atoms with E-state index in [1.165, 1.54) is 0 Å². The van der Waals surface area contributed by atoms with Gasteiger partial charge in [0.1, 0.15) is 0 Å². The van der Waals surface area contributed by atoms with Gasteiger partial charge in [-0.2, -0.15) is 0 Å². The molecule has 0 bridgehead atoms. The van der Waals surface area contributed by atoms with E-state index in [4.69, 9.17) is 13.3 Å². The van der Waals surface area contributed by atoms with Gasteiger partial charge in [-0.3, -0.25) is 4.79 Å². The second kappa shape index (κ2) is 8.52. The van der Waals surface area contributed by atoms with Crippen LogP contribution in [0.5, 0.6) is 0 Å². The van der Waals surface area contributed by atoms with Crippen molar-refractivity contribution in [1.82, 2.24) is 0 Å². The smallest absolute Gasteiger partial charge is 0.750 e. The Morgan fingerprint density at radius 3 is 2.24 bits per heavy atom. The second-order valence-corrected chi connectivity index (χ2v) is 3.34. The Bertz CT molecular complexity index is 506. The van der Waals surface area contributed by atoms with E-state index in [1.807, 2.05) is 42.5 Å². The number of carbonyl (C=O) groups excluding carboxylic acids is 1. The van der Waals surface area contributed by atoms with Crippen LogP contribution in [0.25, 0.3) is 10.8 Å². The standard InChI is InChI=1S/C11H8O.Na.H2O3S/c12-8-10-6-3-5-9-4-1-2-7-11(9)10;;1-4(2)3/h1-8H;;(H2,1,2,3)/q;+1;/p-1. The van der Waals surface area contributed by atoms with Crippen LogP contribution in [0.3, 0.4) is 0 Å². The average Bonchev–Trinajstić information content (AvgIpc) is 2.27. The van der Waals surface area contributed by atoms with Crippen LogP contribution in [-0.4, -0.2) is 19.6 Å². The van der Waals surface area contributed by atoms with E-state index in [0.29, 0.717) is 0 Å². The molecule has 0 fully saturated rings. The van der Waals surface area contributed by atoms with Gasteiger partial charge in [0.05, 0.1) is 11.4 Å². The number of benzene rings is 2. The fraction of sp³-hybridized carbons (Fsp3) is 0. The van der Waals surface area contributed by atoms with E-state index in [9.17, 15) is 4.79 Å². The maximum absolute atomic E-state index is 10.6. The van der Waals surface area contributed by atoms with Crippen LogP contribution in [0.4, 0.5) is 0 Å². The second-order valence-electron chi connectivity index (χ2n) is 2.90. The molecule has 2 aromatic rings. The quantitative estimate of drug-likeness (QED) is 0.405. The number of aldehydes is 1. The Morgan fingerprint density at radius 1 is 1.12 bits per heavy atom. The summed E-state index contributed by atoms with van der Waals surface area (Å²) in [6, 6.07) is 13.6. The van der Waals surface area contributed by atoms with Crippen molar-refractivity contribution in [1.29, 1.82) is 0 Å². The normalized spacial score (nSPS) is 10.7. The molecular formula is C11H9NaO4S. The predicted octanol–water partition coefficient (Wildman–Crippen LogP) is -1.01. The topological polar surface area (TPSA) is 77.4 Å². The molecule has 0 saturated heterocycles. The molecule has 1 atom stereocenters. The third-order valence-electron chi connectivity index (χ3n) is 1.95. The van der Waals surface area contributed by atoms with Crippen LogP contribution in [-0.2, 0) is 11.4 Å². The maximum atomic E-state index is 10.6. The molecule has 84 valence electrons. The van der Waals surface area contributed by atoms with Crippen molar-refractivity contribution in [2.24, 2.45) is 0 Å². The van der Waals surface area contributed by atoms with Crippen LogP contribution in [0.1, 0.15) is 10.4 Å². The Morgan fingerprint density at radius 2 is 1.65 bits per heavy atom. The molecule has 0 aromatic heterocycles. The first kappa shape index (κ1) is 16.4. The summed E-state index contributed by atoms with van der Waals surface area (Å²) >= 11 is -2.86. The molecule has 0 aliphatic carbocycles. The molecule has 2 aromatic carbocycles. The summed E-state index contributed by atoms with van der Waals surface area (Å²) in [4.78, 5) is 10.6. The van der Waals surface area contributed by atoms with E-state index in [0.717, 1.165) is 22.6 Å². The molecular weight excluding hydrogens is 251 g/mol. The van der Waals surface area contributed by atoms with Gasteiger partial charge < -0.3 is 9.11 Å². The first-order chi connectivity index (χ1) is 7.65. The van der Waals surface area contributed by atoms with Crippen LogP contribution in [0.2, 0.25) is 0 Å². The summed E-state index contributed by atoms with van der Waals surface area (Å²) in [6.45, 7) is 0. The van der Waals surface area contributed by atoms with Crippen molar-refractivity contribution < 1.29 is 47.7 Å². The first-order valence-corrected chi connectivity index (χ1v) is 5.39. The van der Waals surface area contributed by atoms with E-state index in [2.05, 4.69) is 0 Å². The zero-order chi connectivity index (χ0) is 12.0. The minimum absolute atomic E-state index is 0. The number of hydrogen-bond acceptors (Lipinski definition) is 3. The third-order valence-corrected chi connectivity index (χ3v) is 1.95. The van der Waals surface area contributed by atoms with Crippen molar-refractivity contribution in [3.8, 4) is 0 Å². The molecule has 1 unspecified atom stereocenters. The summed E-state index contributed by atoms with van der Waals surface area (Å²) in [7, 11) is 0. The molecule has 0 radical (unpaired) electrons. The van der Waals surface area contributed by atoms with E-state index in [-0.39, 0.29) is 29.6 Å². The summed E-state index contributed by atoms with van der Waals surface area (Å²) in [5.74, 6) is 0. The molecule has 0 aliphatic heterocycles. The first-order valence-electron chi connectivity index (χ1n) is 4.36. The number of fused-ring (bicyclic) bond motifs is 1. The monoisotopic (exact) mass is 260 g/mol. The molecule has 2 rings (SSSR count). The maximum Gasteiger partial charge on any atom is 1.00 e. The zero-order valence-electron chi connectivity index (χ0n) is 9.20. The summed E-state index contributed by atoms with van der Waals surface area (Å²) < 4.78 is 24.1. The van der Waals surface area contributed by atoms with Gasteiger partial charge >= 0.3 is 29.6 Å². The predicted molar refractivity (Wildman–Crippen MR) is 60.9 cm³/mol. The van der Waals surface area contributed by atoms with Gasteiger partial charge in [-0.05, 0) is 10.8 Å². The molecule has 6 heteroatoms. The van der Waals surface area contributed by atoms with Crippen molar-refractivity contribution in [2.45, 2.75) is 0 Å². The van der Waals surface area contributed by atoms with Gasteiger partial charge in [0.2, 0.25) is 0 Å². The number of hydrogen-bond donors (Lipinski definition) is 1. The van der Waals surface area contributed by atoms with Crippen molar-refractivity contribution >= 4 is 28.4 Å². The van der Waals surface area contributed by atoms with E-state index < -0.39 is 11.4 Å². The molecule has 0 saturated carbocycles. The molecule has 1 N–H and O–H groups in total. The molecule has 0 spiro atoms. The zero-order valence-corrected chi connectivity index (χ0v) is 12.0. The SMILES string of the molecule is O=Cc1cccc2ccccc12.O=S([O-])O.[Na+]. The van der Waals surface area contributed by atoms with E-state index in [1.54, 1.807) is 0 Å². The van der Waals surface area contributed by atoms with Crippen LogP contribution >= 0.6 is 0 Å². The van der Waals surface area contributed by atoms with Crippen molar-refractivity contribution in [3.63, 3.8) is 0 Å². The minimum Gasteiger partial charge on any atom is -0.750 e. The fourth-order valence-corrected chi connectivity index (χ4v) is 1.35. The van der Waals surface area contributed by atoms with Gasteiger partial charge in [-0.25, -0.2) is 4.21 Å². The average molecular weight is 260 g/mol. The van der Waals surface area contributed by atoms with Crippen molar-refractivity contribution in [2.75, 3.05) is 0 Å². The van der Waals surface area contributed by atoms with Crippen LogP contribution < -0.4 is 29.6 Å². The van der Waals surface area contributed by atoms with E-state index >= 15 is 0 Å². The fourth-order valence-electron chi connectivity index (χ4n) is 1.35. The van der Waals surface area contributed by atoms with Crippen molar-refractivity contribution in [3.05, 3.63) is 48.0 Å².